The first kappa shape index (κ1) is 16.5. The maximum Gasteiger partial charge on any atom is 0.234 e. The van der Waals surface area contributed by atoms with Crippen LogP contribution in [0, 0.1) is 12.8 Å². The van der Waals surface area contributed by atoms with E-state index in [1.807, 2.05) is 13.0 Å². The van der Waals surface area contributed by atoms with E-state index in [0.29, 0.717) is 25.8 Å². The van der Waals surface area contributed by atoms with Crippen molar-refractivity contribution in [3.63, 3.8) is 0 Å². The molecular weight excluding hydrogens is 294 g/mol. The van der Waals surface area contributed by atoms with Crippen LogP contribution in [0.3, 0.4) is 0 Å². The van der Waals surface area contributed by atoms with Gasteiger partial charge in [0.05, 0.1) is 31.5 Å². The predicted molar refractivity (Wildman–Crippen MR) is 86.1 cm³/mol. The minimum Gasteiger partial charge on any atom is -0.379 e. The number of amides is 1. The molecule has 1 amide bonds. The van der Waals surface area contributed by atoms with E-state index in [9.17, 15) is 4.79 Å². The summed E-state index contributed by atoms with van der Waals surface area (Å²) >= 11 is 0. The van der Waals surface area contributed by atoms with Crippen molar-refractivity contribution in [1.82, 2.24) is 15.4 Å². The molecule has 1 aliphatic carbocycles. The Morgan fingerprint density at radius 2 is 2.17 bits per heavy atom. The second-order valence-electron chi connectivity index (χ2n) is 6.96. The van der Waals surface area contributed by atoms with Crippen molar-refractivity contribution in [3.8, 4) is 0 Å². The van der Waals surface area contributed by atoms with Crippen molar-refractivity contribution >= 4 is 5.91 Å². The van der Waals surface area contributed by atoms with Gasteiger partial charge in [-0.05, 0) is 26.8 Å². The van der Waals surface area contributed by atoms with Crippen molar-refractivity contribution in [3.05, 3.63) is 17.5 Å². The van der Waals surface area contributed by atoms with Crippen molar-refractivity contribution in [1.29, 1.82) is 0 Å². The molecule has 1 N–H and O–H groups in total. The molecule has 0 radical (unpaired) electrons. The lowest BCUT2D eigenvalue weighted by atomic mass is 9.98. The maximum absolute atomic E-state index is 12.3. The van der Waals surface area contributed by atoms with Crippen LogP contribution in [0.25, 0.3) is 0 Å². The average molecular weight is 321 g/mol. The van der Waals surface area contributed by atoms with E-state index in [1.165, 1.54) is 25.7 Å². The van der Waals surface area contributed by atoms with Gasteiger partial charge in [0, 0.05) is 24.4 Å². The van der Waals surface area contributed by atoms with Crippen LogP contribution in [-0.2, 0) is 16.0 Å². The summed E-state index contributed by atoms with van der Waals surface area (Å²) in [7, 11) is 2.05. The average Bonchev–Trinajstić information content (AvgIpc) is 3.22. The largest absolute Gasteiger partial charge is 0.379 e. The van der Waals surface area contributed by atoms with Gasteiger partial charge in [-0.2, -0.15) is 0 Å². The number of aromatic nitrogens is 1. The number of likely N-dealkylation sites (N-methyl/N-ethyl adjacent to an activating group) is 1. The van der Waals surface area contributed by atoms with Crippen LogP contribution in [0.4, 0.5) is 0 Å². The molecule has 1 aliphatic heterocycles. The van der Waals surface area contributed by atoms with Gasteiger partial charge in [0.2, 0.25) is 5.91 Å². The van der Waals surface area contributed by atoms with Crippen molar-refractivity contribution in [2.75, 3.05) is 26.8 Å². The topological polar surface area (TPSA) is 67.6 Å². The molecule has 0 bridgehead atoms. The first-order valence-corrected chi connectivity index (χ1v) is 8.61. The number of aryl methyl sites for hydroxylation is 1. The Morgan fingerprint density at radius 3 is 2.87 bits per heavy atom. The Bertz CT molecular complexity index is 525. The number of ether oxygens (including phenoxy) is 1. The van der Waals surface area contributed by atoms with Crippen LogP contribution in [-0.4, -0.2) is 54.9 Å². The zero-order chi connectivity index (χ0) is 16.2. The molecular formula is C17H27N3O3. The summed E-state index contributed by atoms with van der Waals surface area (Å²) in [6.07, 6.45) is 5.75. The number of nitrogens with one attached hydrogen (secondary N) is 1. The van der Waals surface area contributed by atoms with Gasteiger partial charge >= 0.3 is 0 Å². The Morgan fingerprint density at radius 1 is 1.39 bits per heavy atom. The summed E-state index contributed by atoms with van der Waals surface area (Å²) < 4.78 is 10.8. The molecule has 6 heteroatoms. The molecule has 128 valence electrons. The molecule has 2 heterocycles. The predicted octanol–water partition coefficient (Wildman–Crippen LogP) is 1.53. The van der Waals surface area contributed by atoms with Gasteiger partial charge in [-0.1, -0.05) is 18.0 Å². The summed E-state index contributed by atoms with van der Waals surface area (Å²) in [4.78, 5) is 14.5. The highest BCUT2D eigenvalue weighted by atomic mass is 16.5. The quantitative estimate of drug-likeness (QED) is 0.861. The van der Waals surface area contributed by atoms with Crippen molar-refractivity contribution < 1.29 is 14.1 Å². The van der Waals surface area contributed by atoms with Gasteiger partial charge in [0.1, 0.15) is 5.76 Å². The Balaban J connectivity index is 1.48. The summed E-state index contributed by atoms with van der Waals surface area (Å²) in [5, 5.41) is 7.06. The molecule has 3 rings (SSSR count). The molecule has 1 aromatic heterocycles. The summed E-state index contributed by atoms with van der Waals surface area (Å²) in [5.41, 5.74) is 0.887. The zero-order valence-corrected chi connectivity index (χ0v) is 14.1. The maximum atomic E-state index is 12.3. The van der Waals surface area contributed by atoms with E-state index in [1.54, 1.807) is 0 Å². The van der Waals surface area contributed by atoms with Gasteiger partial charge in [-0.3, -0.25) is 9.69 Å². The zero-order valence-electron chi connectivity index (χ0n) is 14.1. The molecule has 23 heavy (non-hydrogen) atoms. The van der Waals surface area contributed by atoms with Gasteiger partial charge in [0.25, 0.3) is 0 Å². The van der Waals surface area contributed by atoms with Crippen molar-refractivity contribution in [2.24, 2.45) is 5.92 Å². The molecule has 6 nitrogen and oxygen atoms in total. The van der Waals surface area contributed by atoms with Gasteiger partial charge in [0.15, 0.2) is 0 Å². The first-order chi connectivity index (χ1) is 11.1. The molecule has 0 aromatic carbocycles. The molecule has 2 aliphatic rings. The first-order valence-electron chi connectivity index (χ1n) is 8.61. The monoisotopic (exact) mass is 321 g/mol. The number of rotatable bonds is 6. The van der Waals surface area contributed by atoms with E-state index in [2.05, 4.69) is 22.4 Å². The standard InChI is InChI=1S/C17H27N3O3/c1-12-7-15(23-19-12)8-13-10-22-11-16(13)18-17(21)9-20(2)14-5-3-4-6-14/h7,13-14,16H,3-6,8-11H2,1-2H3,(H,18,21). The Labute approximate surface area is 137 Å². The number of nitrogens with zero attached hydrogens (tertiary/aromatic N) is 2. The Hall–Kier alpha value is -1.40. The number of carbonyl (C=O) groups is 1. The number of carbonyl (C=O) groups excluding carboxylic acids is 1. The molecule has 0 spiro atoms. The van der Waals surface area contributed by atoms with Gasteiger partial charge in [-0.15, -0.1) is 0 Å². The fourth-order valence-electron chi connectivity index (χ4n) is 3.68. The third-order valence-electron chi connectivity index (χ3n) is 5.03. The lowest BCUT2D eigenvalue weighted by Crippen LogP contribution is -2.46. The molecule has 1 aromatic rings. The van der Waals surface area contributed by atoms with E-state index in [4.69, 9.17) is 9.26 Å². The van der Waals surface area contributed by atoms with Crippen LogP contribution in [0.5, 0.6) is 0 Å². The second kappa shape index (κ2) is 7.45. The minimum absolute atomic E-state index is 0.0601. The molecule has 2 atom stereocenters. The molecule has 2 unspecified atom stereocenters. The van der Waals surface area contributed by atoms with Crippen LogP contribution < -0.4 is 5.32 Å². The summed E-state index contributed by atoms with van der Waals surface area (Å²) in [6.45, 7) is 3.62. The van der Waals surface area contributed by atoms with Crippen LogP contribution in [0.1, 0.15) is 37.1 Å². The van der Waals surface area contributed by atoms with Crippen LogP contribution in [0.2, 0.25) is 0 Å². The van der Waals surface area contributed by atoms with Crippen LogP contribution in [0.15, 0.2) is 10.6 Å². The molecule has 1 saturated heterocycles. The lowest BCUT2D eigenvalue weighted by molar-refractivity contribution is -0.123. The van der Waals surface area contributed by atoms with Gasteiger partial charge < -0.3 is 14.6 Å². The molecule has 2 fully saturated rings. The molecule has 1 saturated carbocycles. The summed E-state index contributed by atoms with van der Waals surface area (Å²) in [6, 6.07) is 2.57. The minimum atomic E-state index is 0.0601. The number of hydrogen-bond donors (Lipinski definition) is 1. The SMILES string of the molecule is Cc1cc(CC2COCC2NC(=O)CN(C)C2CCCC2)on1. The van der Waals surface area contributed by atoms with E-state index < -0.39 is 0 Å². The van der Waals surface area contributed by atoms with Gasteiger partial charge in [-0.25, -0.2) is 0 Å². The lowest BCUT2D eigenvalue weighted by Gasteiger charge is -2.25. The smallest absolute Gasteiger partial charge is 0.234 e. The summed E-state index contributed by atoms with van der Waals surface area (Å²) in [5.74, 6) is 1.21. The number of hydrogen-bond acceptors (Lipinski definition) is 5. The fraction of sp³-hybridized carbons (Fsp3) is 0.765. The highest BCUT2D eigenvalue weighted by Gasteiger charge is 2.31. The fourth-order valence-corrected chi connectivity index (χ4v) is 3.68. The van der Waals surface area contributed by atoms with Crippen LogP contribution >= 0.6 is 0 Å². The van der Waals surface area contributed by atoms with E-state index in [-0.39, 0.29) is 17.9 Å². The highest BCUT2D eigenvalue weighted by molar-refractivity contribution is 5.78. The Kier molecular flexibility index (Phi) is 5.33. The van der Waals surface area contributed by atoms with Crippen molar-refractivity contribution in [2.45, 2.75) is 51.1 Å². The van der Waals surface area contributed by atoms with E-state index >= 15 is 0 Å². The second-order valence-corrected chi connectivity index (χ2v) is 6.96. The highest BCUT2D eigenvalue weighted by Crippen LogP contribution is 2.22. The third kappa shape index (κ3) is 4.32. The third-order valence-corrected chi connectivity index (χ3v) is 5.03. The van der Waals surface area contributed by atoms with E-state index in [0.717, 1.165) is 17.9 Å². The normalized spacial score (nSPS) is 25.3.